The van der Waals surface area contributed by atoms with Crippen LogP contribution in [-0.2, 0) is 6.42 Å². The maximum absolute atomic E-state index is 13.2. The number of rotatable bonds is 2. The monoisotopic (exact) mass is 230 g/mol. The largest absolute Gasteiger partial charge is 0.412 e. The molecule has 0 spiro atoms. The molecule has 1 heterocycles. The van der Waals surface area contributed by atoms with E-state index in [1.54, 1.807) is 0 Å². The molecular formula is C9H5ClF2N2O. The van der Waals surface area contributed by atoms with E-state index in [2.05, 4.69) is 10.2 Å². The van der Waals surface area contributed by atoms with Gasteiger partial charge in [-0.25, -0.2) is 8.78 Å². The van der Waals surface area contributed by atoms with Gasteiger partial charge in [-0.05, 0) is 17.7 Å². The second-order valence-electron chi connectivity index (χ2n) is 2.84. The van der Waals surface area contributed by atoms with Gasteiger partial charge in [-0.3, -0.25) is 0 Å². The zero-order valence-corrected chi connectivity index (χ0v) is 8.13. The third kappa shape index (κ3) is 2.12. The van der Waals surface area contributed by atoms with Crippen molar-refractivity contribution < 1.29 is 13.2 Å². The van der Waals surface area contributed by atoms with Crippen molar-refractivity contribution in [3.05, 3.63) is 46.6 Å². The molecular weight excluding hydrogens is 226 g/mol. The van der Waals surface area contributed by atoms with Gasteiger partial charge in [-0.2, -0.15) is 0 Å². The van der Waals surface area contributed by atoms with E-state index < -0.39 is 11.6 Å². The van der Waals surface area contributed by atoms with Gasteiger partial charge in [0, 0.05) is 5.56 Å². The zero-order chi connectivity index (χ0) is 10.8. The van der Waals surface area contributed by atoms with Crippen molar-refractivity contribution >= 4 is 11.6 Å². The highest BCUT2D eigenvalue weighted by Gasteiger charge is 2.11. The van der Waals surface area contributed by atoms with Gasteiger partial charge in [0.05, 0.1) is 6.42 Å². The Morgan fingerprint density at radius 2 is 2.07 bits per heavy atom. The molecule has 2 aromatic rings. The number of benzene rings is 1. The average molecular weight is 231 g/mol. The van der Waals surface area contributed by atoms with E-state index >= 15 is 0 Å². The van der Waals surface area contributed by atoms with Gasteiger partial charge in [-0.15, -0.1) is 5.10 Å². The molecule has 0 aliphatic carbocycles. The molecule has 0 fully saturated rings. The Labute approximate surface area is 88.7 Å². The smallest absolute Gasteiger partial charge is 0.312 e. The lowest BCUT2D eigenvalue weighted by Crippen LogP contribution is -1.95. The molecule has 0 aliphatic rings. The van der Waals surface area contributed by atoms with Crippen molar-refractivity contribution in [3.63, 3.8) is 0 Å². The predicted molar refractivity (Wildman–Crippen MR) is 48.5 cm³/mol. The van der Waals surface area contributed by atoms with E-state index in [0.29, 0.717) is 0 Å². The highest BCUT2D eigenvalue weighted by Crippen LogP contribution is 2.16. The highest BCUT2D eigenvalue weighted by molar-refractivity contribution is 6.27. The summed E-state index contributed by atoms with van der Waals surface area (Å²) in [5.74, 6) is -1.67. The van der Waals surface area contributed by atoms with Gasteiger partial charge in [0.2, 0.25) is 5.89 Å². The van der Waals surface area contributed by atoms with Crippen molar-refractivity contribution in [2.24, 2.45) is 0 Å². The quantitative estimate of drug-likeness (QED) is 0.796. The van der Waals surface area contributed by atoms with E-state index in [4.69, 9.17) is 16.0 Å². The number of hydrogen-bond donors (Lipinski definition) is 0. The van der Waals surface area contributed by atoms with Crippen LogP contribution in [-0.4, -0.2) is 10.2 Å². The molecule has 0 amide bonds. The number of aromatic nitrogens is 2. The molecule has 3 nitrogen and oxygen atoms in total. The molecule has 0 N–H and O–H groups in total. The van der Waals surface area contributed by atoms with Gasteiger partial charge in [0.25, 0.3) is 0 Å². The number of nitrogens with zero attached hydrogens (tertiary/aromatic N) is 2. The molecule has 0 aliphatic heterocycles. The number of halogens is 3. The summed E-state index contributed by atoms with van der Waals surface area (Å²) in [6.07, 6.45) is 0.0172. The van der Waals surface area contributed by atoms with Crippen LogP contribution in [0.25, 0.3) is 0 Å². The van der Waals surface area contributed by atoms with Crippen LogP contribution in [0.15, 0.2) is 22.6 Å². The Hall–Kier alpha value is -1.49. The fourth-order valence-electron chi connectivity index (χ4n) is 1.15. The van der Waals surface area contributed by atoms with Crippen LogP contribution in [0.1, 0.15) is 11.5 Å². The van der Waals surface area contributed by atoms with E-state index in [9.17, 15) is 8.78 Å². The van der Waals surface area contributed by atoms with E-state index in [1.807, 2.05) is 0 Å². The van der Waals surface area contributed by atoms with E-state index in [1.165, 1.54) is 12.1 Å². The SMILES string of the molecule is Fc1cccc(Cc2nnc(Cl)o2)c1F. The molecule has 0 saturated carbocycles. The fraction of sp³-hybridized carbons (Fsp3) is 0.111. The van der Waals surface area contributed by atoms with Crippen molar-refractivity contribution in [1.82, 2.24) is 10.2 Å². The topological polar surface area (TPSA) is 38.9 Å². The van der Waals surface area contributed by atoms with Gasteiger partial charge in [0.1, 0.15) is 0 Å². The molecule has 15 heavy (non-hydrogen) atoms. The van der Waals surface area contributed by atoms with E-state index in [0.717, 1.165) is 6.07 Å². The van der Waals surface area contributed by atoms with Gasteiger partial charge in [0.15, 0.2) is 11.6 Å². The van der Waals surface area contributed by atoms with Gasteiger partial charge in [-0.1, -0.05) is 17.2 Å². The summed E-state index contributed by atoms with van der Waals surface area (Å²) in [6, 6.07) is 3.89. The Balaban J connectivity index is 2.28. The first-order valence-corrected chi connectivity index (χ1v) is 4.45. The van der Waals surface area contributed by atoms with Gasteiger partial charge < -0.3 is 4.42 Å². The standard InChI is InChI=1S/C9H5ClF2N2O/c10-9-14-13-7(15-9)4-5-2-1-3-6(11)8(5)12/h1-3H,4H2. The third-order valence-corrected chi connectivity index (χ3v) is 1.97. The highest BCUT2D eigenvalue weighted by atomic mass is 35.5. The van der Waals surface area contributed by atoms with Crippen molar-refractivity contribution in [1.29, 1.82) is 0 Å². The lowest BCUT2D eigenvalue weighted by molar-refractivity contribution is 0.481. The maximum Gasteiger partial charge on any atom is 0.312 e. The predicted octanol–water partition coefficient (Wildman–Crippen LogP) is 2.59. The van der Waals surface area contributed by atoms with Gasteiger partial charge >= 0.3 is 5.35 Å². The minimum absolute atomic E-state index is 0.0172. The Morgan fingerprint density at radius 1 is 1.27 bits per heavy atom. The second kappa shape index (κ2) is 3.94. The van der Waals surface area contributed by atoms with Crippen LogP contribution in [0.4, 0.5) is 8.78 Å². The fourth-order valence-corrected chi connectivity index (χ4v) is 1.28. The molecule has 0 radical (unpaired) electrons. The number of hydrogen-bond acceptors (Lipinski definition) is 3. The van der Waals surface area contributed by atoms with Crippen LogP contribution in [0, 0.1) is 11.6 Å². The van der Waals surface area contributed by atoms with Crippen LogP contribution in [0.5, 0.6) is 0 Å². The van der Waals surface area contributed by atoms with Crippen LogP contribution >= 0.6 is 11.6 Å². The van der Waals surface area contributed by atoms with Crippen molar-refractivity contribution in [2.75, 3.05) is 0 Å². The van der Waals surface area contributed by atoms with Crippen molar-refractivity contribution in [2.45, 2.75) is 6.42 Å². The Bertz CT molecular complexity index is 487. The molecule has 0 unspecified atom stereocenters. The normalized spacial score (nSPS) is 10.6. The summed E-state index contributed by atoms with van der Waals surface area (Å²) < 4.78 is 30.9. The lowest BCUT2D eigenvalue weighted by Gasteiger charge is -1.99. The minimum atomic E-state index is -0.910. The Morgan fingerprint density at radius 3 is 2.73 bits per heavy atom. The third-order valence-electron chi connectivity index (χ3n) is 1.82. The lowest BCUT2D eigenvalue weighted by atomic mass is 10.1. The van der Waals surface area contributed by atoms with E-state index in [-0.39, 0.29) is 23.2 Å². The second-order valence-corrected chi connectivity index (χ2v) is 3.16. The van der Waals surface area contributed by atoms with Crippen LogP contribution in [0.2, 0.25) is 5.35 Å². The van der Waals surface area contributed by atoms with Crippen molar-refractivity contribution in [3.8, 4) is 0 Å². The molecule has 0 atom stereocenters. The molecule has 1 aromatic heterocycles. The summed E-state index contributed by atoms with van der Waals surface area (Å²) in [4.78, 5) is 0. The summed E-state index contributed by atoms with van der Waals surface area (Å²) in [7, 11) is 0. The summed E-state index contributed by atoms with van der Waals surface area (Å²) in [6.45, 7) is 0. The van der Waals surface area contributed by atoms with Crippen LogP contribution in [0.3, 0.4) is 0 Å². The molecule has 0 bridgehead atoms. The molecule has 1 aromatic carbocycles. The first-order valence-electron chi connectivity index (χ1n) is 4.07. The molecule has 2 rings (SSSR count). The minimum Gasteiger partial charge on any atom is -0.412 e. The molecule has 78 valence electrons. The maximum atomic E-state index is 13.2. The summed E-state index contributed by atoms with van der Waals surface area (Å²) in [5, 5.41) is 6.82. The molecule has 6 heteroatoms. The zero-order valence-electron chi connectivity index (χ0n) is 7.38. The summed E-state index contributed by atoms with van der Waals surface area (Å²) in [5.41, 5.74) is 0.148. The summed E-state index contributed by atoms with van der Waals surface area (Å²) >= 11 is 5.39. The average Bonchev–Trinajstić information content (AvgIpc) is 2.59. The Kier molecular flexibility index (Phi) is 2.64. The van der Waals surface area contributed by atoms with Crippen LogP contribution < -0.4 is 0 Å². The molecule has 0 saturated heterocycles. The first kappa shape index (κ1) is 10.0. The first-order chi connectivity index (χ1) is 7.16.